The van der Waals surface area contributed by atoms with E-state index in [1.54, 1.807) is 6.20 Å². The average molecular weight is 279 g/mol. The van der Waals surface area contributed by atoms with Crippen LogP contribution >= 0.6 is 23.0 Å². The van der Waals surface area contributed by atoms with Crippen molar-refractivity contribution in [1.29, 1.82) is 0 Å². The summed E-state index contributed by atoms with van der Waals surface area (Å²) < 4.78 is 4.98. The van der Waals surface area contributed by atoms with Crippen molar-refractivity contribution in [2.45, 2.75) is 27.7 Å². The number of pyridine rings is 1. The molecular weight excluding hydrogens is 265 g/mol. The van der Waals surface area contributed by atoms with Crippen LogP contribution in [-0.2, 0) is 0 Å². The number of hydrogen-bond acceptors (Lipinski definition) is 2. The topological polar surface area (TPSA) is 22.1 Å². The van der Waals surface area contributed by atoms with Gasteiger partial charge in [-0.3, -0.25) is 0 Å². The van der Waals surface area contributed by atoms with E-state index >= 15 is 0 Å². The van der Waals surface area contributed by atoms with Crippen LogP contribution in [0.25, 0.3) is 0 Å². The van der Waals surface area contributed by atoms with E-state index in [0.29, 0.717) is 5.88 Å². The molecule has 1 rings (SSSR count). The molecule has 2 nitrogen and oxygen atoms in total. The largest absolute Gasteiger partial charge is 0.408 e. The Hall–Kier alpha value is -0.320. The van der Waals surface area contributed by atoms with Crippen LogP contribution in [0.2, 0.25) is 0 Å². The van der Waals surface area contributed by atoms with Crippen molar-refractivity contribution in [1.82, 2.24) is 4.98 Å². The highest BCUT2D eigenvalue weighted by atomic mass is 127. The van der Waals surface area contributed by atoms with E-state index in [-0.39, 0.29) is 0 Å². The molecule has 12 heavy (non-hydrogen) atoms. The smallest absolute Gasteiger partial charge is 0.227 e. The third-order valence-corrected chi connectivity index (χ3v) is 1.92. The summed E-state index contributed by atoms with van der Waals surface area (Å²) in [7, 11) is 0. The fraction of sp³-hybridized carbons (Fsp3) is 0.444. The maximum atomic E-state index is 4.98. The summed E-state index contributed by atoms with van der Waals surface area (Å²) in [6.07, 6.45) is 1.75. The van der Waals surface area contributed by atoms with Gasteiger partial charge in [0.1, 0.15) is 0 Å². The first-order chi connectivity index (χ1) is 5.75. The fourth-order valence-corrected chi connectivity index (χ4v) is 1.13. The third-order valence-electron chi connectivity index (χ3n) is 1.50. The van der Waals surface area contributed by atoms with Crippen molar-refractivity contribution in [2.75, 3.05) is 0 Å². The number of rotatable bonds is 1. The Labute approximate surface area is 88.0 Å². The molecule has 0 radical (unpaired) electrons. The molecule has 0 atom stereocenters. The second-order valence-corrected chi connectivity index (χ2v) is 2.58. The van der Waals surface area contributed by atoms with Gasteiger partial charge in [0, 0.05) is 11.8 Å². The normalized spacial score (nSPS) is 8.42. The van der Waals surface area contributed by atoms with Crippen LogP contribution in [0.1, 0.15) is 25.0 Å². The van der Waals surface area contributed by atoms with Crippen molar-refractivity contribution in [3.63, 3.8) is 0 Å². The highest BCUT2D eigenvalue weighted by Gasteiger charge is 2.00. The molecule has 0 aliphatic carbocycles. The lowest BCUT2D eigenvalue weighted by Crippen LogP contribution is -1.87. The molecular formula is C9H14INO. The highest BCUT2D eigenvalue weighted by molar-refractivity contribution is 14.1. The molecule has 1 aromatic heterocycles. The Bertz CT molecular complexity index is 238. The zero-order chi connectivity index (χ0) is 9.56. The predicted molar refractivity (Wildman–Crippen MR) is 59.7 cm³/mol. The van der Waals surface area contributed by atoms with E-state index in [0.717, 1.165) is 5.56 Å². The number of aromatic nitrogens is 1. The molecule has 1 heterocycles. The second kappa shape index (κ2) is 6.22. The summed E-state index contributed by atoms with van der Waals surface area (Å²) >= 11 is 1.83. The van der Waals surface area contributed by atoms with Crippen LogP contribution in [0.4, 0.5) is 0 Å². The standard InChI is InChI=1S/C7H8INO.C2H6/c1-5-3-4-9-7(10-8)6(5)2;1-2/h3-4H,1-2H3;1-2H3. The van der Waals surface area contributed by atoms with E-state index < -0.39 is 0 Å². The molecule has 0 aliphatic heterocycles. The van der Waals surface area contributed by atoms with Crippen LogP contribution < -0.4 is 3.07 Å². The minimum atomic E-state index is 0.709. The molecule has 0 aliphatic rings. The van der Waals surface area contributed by atoms with E-state index in [4.69, 9.17) is 3.07 Å². The summed E-state index contributed by atoms with van der Waals surface area (Å²) in [5, 5.41) is 0. The van der Waals surface area contributed by atoms with E-state index in [1.807, 2.05) is 56.8 Å². The fourth-order valence-electron chi connectivity index (χ4n) is 0.685. The number of hydrogen-bond donors (Lipinski definition) is 0. The van der Waals surface area contributed by atoms with Gasteiger partial charge < -0.3 is 3.07 Å². The molecule has 3 heteroatoms. The van der Waals surface area contributed by atoms with Crippen molar-refractivity contribution in [3.05, 3.63) is 23.4 Å². The maximum Gasteiger partial charge on any atom is 0.227 e. The zero-order valence-electron chi connectivity index (χ0n) is 7.89. The highest BCUT2D eigenvalue weighted by Crippen LogP contribution is 2.18. The molecule has 0 spiro atoms. The third kappa shape index (κ3) is 2.97. The molecule has 0 saturated heterocycles. The van der Waals surface area contributed by atoms with Gasteiger partial charge in [-0.25, -0.2) is 4.98 Å². The molecule has 1 aromatic rings. The van der Waals surface area contributed by atoms with Crippen LogP contribution in [0.5, 0.6) is 5.88 Å². The first kappa shape index (κ1) is 11.7. The van der Waals surface area contributed by atoms with Gasteiger partial charge in [0.15, 0.2) is 23.0 Å². The van der Waals surface area contributed by atoms with Crippen molar-refractivity contribution in [2.24, 2.45) is 0 Å². The summed E-state index contributed by atoms with van der Waals surface area (Å²) in [5.41, 5.74) is 2.32. The van der Waals surface area contributed by atoms with Gasteiger partial charge in [0.25, 0.3) is 0 Å². The zero-order valence-corrected chi connectivity index (χ0v) is 10.0. The van der Waals surface area contributed by atoms with Crippen LogP contribution in [0, 0.1) is 13.8 Å². The monoisotopic (exact) mass is 279 g/mol. The number of halogens is 1. The Balaban J connectivity index is 0.000000561. The van der Waals surface area contributed by atoms with Crippen LogP contribution in [0.3, 0.4) is 0 Å². The Morgan fingerprint density at radius 1 is 1.33 bits per heavy atom. The van der Waals surface area contributed by atoms with Gasteiger partial charge in [-0.05, 0) is 25.5 Å². The number of aryl methyl sites for hydroxylation is 1. The lowest BCUT2D eigenvalue weighted by atomic mass is 10.2. The average Bonchev–Trinajstić information content (AvgIpc) is 2.13. The van der Waals surface area contributed by atoms with E-state index in [1.165, 1.54) is 5.56 Å². The summed E-state index contributed by atoms with van der Waals surface area (Å²) in [5.74, 6) is 0.709. The SMILES string of the molecule is CC.Cc1ccnc(OI)c1C. The minimum Gasteiger partial charge on any atom is -0.408 e. The molecule has 0 fully saturated rings. The summed E-state index contributed by atoms with van der Waals surface area (Å²) in [6, 6.07) is 1.97. The Kier molecular flexibility index (Phi) is 6.06. The summed E-state index contributed by atoms with van der Waals surface area (Å²) in [4.78, 5) is 4.03. The second-order valence-electron chi connectivity index (χ2n) is 2.14. The summed E-state index contributed by atoms with van der Waals surface area (Å²) in [6.45, 7) is 8.03. The van der Waals surface area contributed by atoms with Crippen LogP contribution in [0.15, 0.2) is 12.3 Å². The lowest BCUT2D eigenvalue weighted by Gasteiger charge is -2.01. The van der Waals surface area contributed by atoms with Gasteiger partial charge in [0.05, 0.1) is 0 Å². The quantitative estimate of drug-likeness (QED) is 0.734. The van der Waals surface area contributed by atoms with E-state index in [9.17, 15) is 0 Å². The van der Waals surface area contributed by atoms with Gasteiger partial charge in [0.2, 0.25) is 5.88 Å². The molecule has 0 saturated carbocycles. The molecule has 0 unspecified atom stereocenters. The van der Waals surface area contributed by atoms with Crippen molar-refractivity contribution in [3.8, 4) is 5.88 Å². The first-order valence-electron chi connectivity index (χ1n) is 3.96. The molecule has 0 amide bonds. The number of nitrogens with zero attached hydrogens (tertiary/aromatic N) is 1. The van der Waals surface area contributed by atoms with Gasteiger partial charge >= 0.3 is 0 Å². The van der Waals surface area contributed by atoms with Crippen LogP contribution in [-0.4, -0.2) is 4.98 Å². The minimum absolute atomic E-state index is 0.709. The molecule has 0 bridgehead atoms. The van der Waals surface area contributed by atoms with Gasteiger partial charge in [-0.1, -0.05) is 13.8 Å². The predicted octanol–water partition coefficient (Wildman–Crippen LogP) is 3.45. The molecule has 68 valence electrons. The van der Waals surface area contributed by atoms with Crippen molar-refractivity contribution < 1.29 is 3.07 Å². The van der Waals surface area contributed by atoms with Crippen molar-refractivity contribution >= 4 is 23.0 Å². The molecule has 0 aromatic carbocycles. The Morgan fingerprint density at radius 2 is 1.92 bits per heavy atom. The first-order valence-corrected chi connectivity index (χ1v) is 4.84. The van der Waals surface area contributed by atoms with Gasteiger partial charge in [-0.15, -0.1) is 0 Å². The molecule has 0 N–H and O–H groups in total. The lowest BCUT2D eigenvalue weighted by molar-refractivity contribution is 0.671. The van der Waals surface area contributed by atoms with Gasteiger partial charge in [-0.2, -0.15) is 0 Å². The Morgan fingerprint density at radius 3 is 2.33 bits per heavy atom. The maximum absolute atomic E-state index is 4.98. The van der Waals surface area contributed by atoms with E-state index in [2.05, 4.69) is 4.98 Å².